The molecule has 1 aromatic rings. The number of hydrogen-bond acceptors (Lipinski definition) is 2. The summed E-state index contributed by atoms with van der Waals surface area (Å²) >= 11 is 0. The van der Waals surface area contributed by atoms with E-state index in [1.165, 1.54) is 11.1 Å². The average Bonchev–Trinajstić information content (AvgIpc) is 2.36. The van der Waals surface area contributed by atoms with Crippen molar-refractivity contribution in [2.75, 3.05) is 11.9 Å². The molecule has 1 aliphatic rings. The molecule has 90 valence electrons. The molecule has 3 nitrogen and oxygen atoms in total. The van der Waals surface area contributed by atoms with E-state index in [4.69, 9.17) is 0 Å². The number of hydrogen-bond donors (Lipinski definition) is 2. The van der Waals surface area contributed by atoms with E-state index in [2.05, 4.69) is 29.3 Å². The molecule has 0 radical (unpaired) electrons. The van der Waals surface area contributed by atoms with Gasteiger partial charge in [-0.05, 0) is 42.6 Å². The van der Waals surface area contributed by atoms with E-state index in [1.807, 2.05) is 6.07 Å². The number of allylic oxidation sites excluding steroid dienone is 1. The van der Waals surface area contributed by atoms with E-state index in [0.29, 0.717) is 6.42 Å². The van der Waals surface area contributed by atoms with Gasteiger partial charge in [-0.15, -0.1) is 6.58 Å². The normalized spacial score (nSPS) is 13.9. The first-order chi connectivity index (χ1) is 8.29. The zero-order valence-corrected chi connectivity index (χ0v) is 9.96. The lowest BCUT2D eigenvalue weighted by Gasteiger charge is -2.18. The zero-order valence-electron chi connectivity index (χ0n) is 9.96. The summed E-state index contributed by atoms with van der Waals surface area (Å²) < 4.78 is 0. The maximum atomic E-state index is 11.6. The van der Waals surface area contributed by atoms with Gasteiger partial charge in [0.1, 0.15) is 0 Å². The minimum atomic E-state index is 0.0496. The van der Waals surface area contributed by atoms with Crippen LogP contribution < -0.4 is 10.6 Å². The van der Waals surface area contributed by atoms with Gasteiger partial charge in [-0.1, -0.05) is 12.1 Å². The van der Waals surface area contributed by atoms with Gasteiger partial charge in [0, 0.05) is 18.7 Å². The Morgan fingerprint density at radius 3 is 3.18 bits per heavy atom. The SMILES string of the molecule is C=CCCC(=O)Nc1ccc2c(c1)CNCC2. The highest BCUT2D eigenvalue weighted by Crippen LogP contribution is 2.19. The Hall–Kier alpha value is -1.61. The van der Waals surface area contributed by atoms with Gasteiger partial charge in [0.05, 0.1) is 0 Å². The largest absolute Gasteiger partial charge is 0.326 e. The summed E-state index contributed by atoms with van der Waals surface area (Å²) in [4.78, 5) is 11.6. The van der Waals surface area contributed by atoms with Crippen molar-refractivity contribution in [2.24, 2.45) is 0 Å². The number of amides is 1. The van der Waals surface area contributed by atoms with Crippen molar-refractivity contribution >= 4 is 11.6 Å². The third-order valence-electron chi connectivity index (χ3n) is 2.95. The monoisotopic (exact) mass is 230 g/mol. The summed E-state index contributed by atoms with van der Waals surface area (Å²) in [7, 11) is 0. The Balaban J connectivity index is 2.01. The molecule has 1 aliphatic heterocycles. The average molecular weight is 230 g/mol. The Morgan fingerprint density at radius 2 is 2.35 bits per heavy atom. The van der Waals surface area contributed by atoms with Gasteiger partial charge in [-0.25, -0.2) is 0 Å². The number of anilines is 1. The topological polar surface area (TPSA) is 41.1 Å². The number of nitrogens with one attached hydrogen (secondary N) is 2. The molecule has 3 heteroatoms. The Bertz CT molecular complexity index is 426. The van der Waals surface area contributed by atoms with Crippen LogP contribution in [0.5, 0.6) is 0 Å². The lowest BCUT2D eigenvalue weighted by molar-refractivity contribution is -0.116. The van der Waals surface area contributed by atoms with Crippen LogP contribution in [0.15, 0.2) is 30.9 Å². The summed E-state index contributed by atoms with van der Waals surface area (Å²) in [6.45, 7) is 5.54. The highest BCUT2D eigenvalue weighted by Gasteiger charge is 2.09. The molecule has 0 aliphatic carbocycles. The van der Waals surface area contributed by atoms with Crippen LogP contribution in [-0.4, -0.2) is 12.5 Å². The van der Waals surface area contributed by atoms with Crippen molar-refractivity contribution in [3.8, 4) is 0 Å². The summed E-state index contributed by atoms with van der Waals surface area (Å²) in [5.74, 6) is 0.0496. The van der Waals surface area contributed by atoms with Crippen LogP contribution in [0.25, 0.3) is 0 Å². The standard InChI is InChI=1S/C14H18N2O/c1-2-3-4-14(17)16-13-6-5-11-7-8-15-10-12(11)9-13/h2,5-6,9,15H,1,3-4,7-8,10H2,(H,16,17). The molecule has 0 bridgehead atoms. The van der Waals surface area contributed by atoms with Gasteiger partial charge in [-0.3, -0.25) is 4.79 Å². The molecule has 17 heavy (non-hydrogen) atoms. The van der Waals surface area contributed by atoms with Gasteiger partial charge >= 0.3 is 0 Å². The van der Waals surface area contributed by atoms with Crippen molar-refractivity contribution < 1.29 is 4.79 Å². The highest BCUT2D eigenvalue weighted by atomic mass is 16.1. The Kier molecular flexibility index (Phi) is 3.94. The van der Waals surface area contributed by atoms with Crippen molar-refractivity contribution in [3.63, 3.8) is 0 Å². The quantitative estimate of drug-likeness (QED) is 0.779. The molecule has 2 N–H and O–H groups in total. The smallest absolute Gasteiger partial charge is 0.224 e. The predicted octanol–water partition coefficient (Wildman–Crippen LogP) is 2.24. The van der Waals surface area contributed by atoms with Crippen LogP contribution in [0.3, 0.4) is 0 Å². The molecule has 0 spiro atoms. The second-order valence-corrected chi connectivity index (χ2v) is 4.29. The summed E-state index contributed by atoms with van der Waals surface area (Å²) in [6.07, 6.45) is 4.05. The van der Waals surface area contributed by atoms with Crippen molar-refractivity contribution in [1.82, 2.24) is 5.32 Å². The second kappa shape index (κ2) is 5.64. The first-order valence-electron chi connectivity index (χ1n) is 6.03. The van der Waals surface area contributed by atoms with Gasteiger partial charge in [0.25, 0.3) is 0 Å². The van der Waals surface area contributed by atoms with Gasteiger partial charge in [0.2, 0.25) is 5.91 Å². The van der Waals surface area contributed by atoms with E-state index in [9.17, 15) is 4.79 Å². The molecule has 0 saturated heterocycles. The maximum Gasteiger partial charge on any atom is 0.224 e. The third kappa shape index (κ3) is 3.17. The molecule has 1 heterocycles. The van der Waals surface area contributed by atoms with Crippen LogP contribution >= 0.6 is 0 Å². The molecule has 0 aromatic heterocycles. The zero-order chi connectivity index (χ0) is 12.1. The van der Waals surface area contributed by atoms with E-state index >= 15 is 0 Å². The highest BCUT2D eigenvalue weighted by molar-refractivity contribution is 5.90. The summed E-state index contributed by atoms with van der Waals surface area (Å²) in [5, 5.41) is 6.24. The van der Waals surface area contributed by atoms with Crippen LogP contribution in [0.1, 0.15) is 24.0 Å². The summed E-state index contributed by atoms with van der Waals surface area (Å²) in [5.41, 5.74) is 3.56. The molecular weight excluding hydrogens is 212 g/mol. The Labute approximate surface area is 102 Å². The molecule has 1 amide bonds. The second-order valence-electron chi connectivity index (χ2n) is 4.29. The van der Waals surface area contributed by atoms with Gasteiger partial charge < -0.3 is 10.6 Å². The Morgan fingerprint density at radius 1 is 1.47 bits per heavy atom. The van der Waals surface area contributed by atoms with E-state index in [0.717, 1.165) is 31.6 Å². The lowest BCUT2D eigenvalue weighted by Crippen LogP contribution is -2.23. The number of carbonyl (C=O) groups is 1. The van der Waals surface area contributed by atoms with Crippen molar-refractivity contribution in [3.05, 3.63) is 42.0 Å². The fraction of sp³-hybridized carbons (Fsp3) is 0.357. The molecule has 0 unspecified atom stereocenters. The number of carbonyl (C=O) groups excluding carboxylic acids is 1. The number of fused-ring (bicyclic) bond motifs is 1. The fourth-order valence-electron chi connectivity index (χ4n) is 2.01. The van der Waals surface area contributed by atoms with Crippen LogP contribution in [-0.2, 0) is 17.8 Å². The van der Waals surface area contributed by atoms with Crippen molar-refractivity contribution in [2.45, 2.75) is 25.8 Å². The summed E-state index contributed by atoms with van der Waals surface area (Å²) in [6, 6.07) is 6.16. The molecule has 1 aromatic carbocycles. The minimum Gasteiger partial charge on any atom is -0.326 e. The van der Waals surface area contributed by atoms with Gasteiger partial charge in [-0.2, -0.15) is 0 Å². The molecular formula is C14H18N2O. The first kappa shape index (κ1) is 11.9. The number of rotatable bonds is 4. The molecule has 0 saturated carbocycles. The molecule has 0 atom stereocenters. The van der Waals surface area contributed by atoms with Crippen LogP contribution in [0.4, 0.5) is 5.69 Å². The fourth-order valence-corrected chi connectivity index (χ4v) is 2.01. The van der Waals surface area contributed by atoms with Gasteiger partial charge in [0.15, 0.2) is 0 Å². The maximum absolute atomic E-state index is 11.6. The molecule has 2 rings (SSSR count). The van der Waals surface area contributed by atoms with E-state index in [1.54, 1.807) is 6.08 Å². The van der Waals surface area contributed by atoms with E-state index < -0.39 is 0 Å². The van der Waals surface area contributed by atoms with Crippen molar-refractivity contribution in [1.29, 1.82) is 0 Å². The first-order valence-corrected chi connectivity index (χ1v) is 6.03. The lowest BCUT2D eigenvalue weighted by atomic mass is 10.0. The predicted molar refractivity (Wildman–Crippen MR) is 69.9 cm³/mol. The van der Waals surface area contributed by atoms with Crippen LogP contribution in [0.2, 0.25) is 0 Å². The molecule has 0 fully saturated rings. The van der Waals surface area contributed by atoms with E-state index in [-0.39, 0.29) is 5.91 Å². The van der Waals surface area contributed by atoms with Crippen LogP contribution in [0, 0.1) is 0 Å². The third-order valence-corrected chi connectivity index (χ3v) is 2.95. The minimum absolute atomic E-state index is 0.0496. The number of benzene rings is 1.